The monoisotopic (exact) mass is 258 g/mol. The van der Waals surface area contributed by atoms with Gasteiger partial charge in [0.1, 0.15) is 11.5 Å². The molecule has 0 radical (unpaired) electrons. The van der Waals surface area contributed by atoms with Gasteiger partial charge in [-0.2, -0.15) is 0 Å². The number of amides is 1. The molecule has 98 valence electrons. The summed E-state index contributed by atoms with van der Waals surface area (Å²) in [5, 5.41) is 5.91. The number of carbonyl (C=O) groups is 1. The lowest BCUT2D eigenvalue weighted by Gasteiger charge is -2.05. The SMILES string of the molecule is O=C(NCc1ccco1)c1ccnc(NC2CC2)n1. The Hall–Kier alpha value is -2.37. The molecule has 1 aliphatic carbocycles. The number of hydrogen-bond acceptors (Lipinski definition) is 5. The molecule has 2 N–H and O–H groups in total. The summed E-state index contributed by atoms with van der Waals surface area (Å²) in [6, 6.07) is 5.64. The predicted molar refractivity (Wildman–Crippen MR) is 68.6 cm³/mol. The zero-order valence-corrected chi connectivity index (χ0v) is 10.3. The number of nitrogens with one attached hydrogen (secondary N) is 2. The molecule has 1 amide bonds. The first kappa shape index (κ1) is 11.7. The van der Waals surface area contributed by atoms with Crippen LogP contribution in [0.2, 0.25) is 0 Å². The third kappa shape index (κ3) is 3.09. The molecule has 6 nitrogen and oxygen atoms in total. The molecule has 1 fully saturated rings. The summed E-state index contributed by atoms with van der Waals surface area (Å²) in [6.45, 7) is 0.348. The number of furan rings is 1. The van der Waals surface area contributed by atoms with E-state index >= 15 is 0 Å². The van der Waals surface area contributed by atoms with Gasteiger partial charge < -0.3 is 15.1 Å². The van der Waals surface area contributed by atoms with Crippen LogP contribution in [0.3, 0.4) is 0 Å². The second kappa shape index (κ2) is 5.09. The molecule has 3 rings (SSSR count). The molecule has 0 aromatic carbocycles. The minimum atomic E-state index is -0.238. The van der Waals surface area contributed by atoms with Gasteiger partial charge in [0.05, 0.1) is 12.8 Å². The van der Waals surface area contributed by atoms with Crippen LogP contribution >= 0.6 is 0 Å². The molecular formula is C13H14N4O2. The lowest BCUT2D eigenvalue weighted by atomic mass is 10.3. The van der Waals surface area contributed by atoms with E-state index in [4.69, 9.17) is 4.42 Å². The zero-order valence-electron chi connectivity index (χ0n) is 10.3. The van der Waals surface area contributed by atoms with Crippen molar-refractivity contribution in [2.24, 2.45) is 0 Å². The lowest BCUT2D eigenvalue weighted by Crippen LogP contribution is -2.24. The number of hydrogen-bond donors (Lipinski definition) is 2. The first-order valence-electron chi connectivity index (χ1n) is 6.21. The summed E-state index contributed by atoms with van der Waals surface area (Å²) < 4.78 is 5.14. The fourth-order valence-corrected chi connectivity index (χ4v) is 1.64. The second-order valence-corrected chi connectivity index (χ2v) is 4.45. The second-order valence-electron chi connectivity index (χ2n) is 4.45. The van der Waals surface area contributed by atoms with Crippen molar-refractivity contribution in [2.45, 2.75) is 25.4 Å². The van der Waals surface area contributed by atoms with Crippen LogP contribution in [-0.2, 0) is 6.54 Å². The fourth-order valence-electron chi connectivity index (χ4n) is 1.64. The molecule has 0 unspecified atom stereocenters. The molecule has 1 aliphatic rings. The Bertz CT molecular complexity index is 564. The Labute approximate surface area is 110 Å². The summed E-state index contributed by atoms with van der Waals surface area (Å²) >= 11 is 0. The number of rotatable bonds is 5. The zero-order chi connectivity index (χ0) is 13.1. The molecule has 2 aromatic heterocycles. The van der Waals surface area contributed by atoms with Crippen molar-refractivity contribution in [1.29, 1.82) is 0 Å². The van der Waals surface area contributed by atoms with Crippen molar-refractivity contribution in [3.05, 3.63) is 42.1 Å². The van der Waals surface area contributed by atoms with E-state index in [0.717, 1.165) is 12.8 Å². The van der Waals surface area contributed by atoms with E-state index in [2.05, 4.69) is 20.6 Å². The maximum Gasteiger partial charge on any atom is 0.270 e. The lowest BCUT2D eigenvalue weighted by molar-refractivity contribution is 0.0943. The first-order chi connectivity index (χ1) is 9.31. The van der Waals surface area contributed by atoms with E-state index in [-0.39, 0.29) is 5.91 Å². The number of anilines is 1. The highest BCUT2D eigenvalue weighted by Gasteiger charge is 2.22. The number of carbonyl (C=O) groups excluding carboxylic acids is 1. The topological polar surface area (TPSA) is 80.0 Å². The van der Waals surface area contributed by atoms with E-state index in [1.165, 1.54) is 0 Å². The maximum atomic E-state index is 11.9. The Kier molecular flexibility index (Phi) is 3.14. The fraction of sp³-hybridized carbons (Fsp3) is 0.308. The van der Waals surface area contributed by atoms with Gasteiger partial charge in [0, 0.05) is 12.2 Å². The molecule has 19 heavy (non-hydrogen) atoms. The summed E-state index contributed by atoms with van der Waals surface area (Å²) in [4.78, 5) is 20.2. The smallest absolute Gasteiger partial charge is 0.270 e. The molecule has 1 saturated carbocycles. The number of aromatic nitrogens is 2. The van der Waals surface area contributed by atoms with Crippen LogP contribution in [0, 0.1) is 0 Å². The average Bonchev–Trinajstić information content (AvgIpc) is 3.08. The standard InChI is InChI=1S/C13H14N4O2/c18-12(15-8-10-2-1-7-19-10)11-5-6-14-13(17-11)16-9-3-4-9/h1-2,5-7,9H,3-4,8H2,(H,15,18)(H,14,16,17). The third-order valence-electron chi connectivity index (χ3n) is 2.80. The van der Waals surface area contributed by atoms with Crippen LogP contribution in [0.1, 0.15) is 29.1 Å². The average molecular weight is 258 g/mol. The van der Waals surface area contributed by atoms with E-state index in [1.807, 2.05) is 0 Å². The van der Waals surface area contributed by atoms with Crippen molar-refractivity contribution in [3.63, 3.8) is 0 Å². The van der Waals surface area contributed by atoms with Crippen LogP contribution in [0.5, 0.6) is 0 Å². The maximum absolute atomic E-state index is 11.9. The van der Waals surface area contributed by atoms with Crippen LogP contribution in [-0.4, -0.2) is 21.9 Å². The highest BCUT2D eigenvalue weighted by Crippen LogP contribution is 2.22. The van der Waals surface area contributed by atoms with Crippen molar-refractivity contribution >= 4 is 11.9 Å². The van der Waals surface area contributed by atoms with Gasteiger partial charge in [0.25, 0.3) is 5.91 Å². The van der Waals surface area contributed by atoms with Crippen LogP contribution in [0.15, 0.2) is 35.1 Å². The molecule has 0 atom stereocenters. The van der Waals surface area contributed by atoms with Gasteiger partial charge in [-0.05, 0) is 31.0 Å². The van der Waals surface area contributed by atoms with Crippen molar-refractivity contribution in [1.82, 2.24) is 15.3 Å². The van der Waals surface area contributed by atoms with E-state index in [0.29, 0.717) is 30.0 Å². The van der Waals surface area contributed by atoms with Gasteiger partial charge >= 0.3 is 0 Å². The third-order valence-corrected chi connectivity index (χ3v) is 2.80. The minimum Gasteiger partial charge on any atom is -0.467 e. The van der Waals surface area contributed by atoms with Gasteiger partial charge in [-0.3, -0.25) is 4.79 Å². The predicted octanol–water partition coefficient (Wildman–Crippen LogP) is 1.57. The minimum absolute atomic E-state index is 0.238. The van der Waals surface area contributed by atoms with Crippen molar-refractivity contribution in [3.8, 4) is 0 Å². The normalized spacial score (nSPS) is 14.1. The van der Waals surface area contributed by atoms with Gasteiger partial charge in [0.2, 0.25) is 5.95 Å². The molecule has 2 aromatic rings. The summed E-state index contributed by atoms with van der Waals surface area (Å²) in [5.74, 6) is 0.976. The van der Waals surface area contributed by atoms with Crippen LogP contribution < -0.4 is 10.6 Å². The van der Waals surface area contributed by atoms with Gasteiger partial charge in [-0.15, -0.1) is 0 Å². The Morgan fingerprint density at radius 2 is 2.32 bits per heavy atom. The first-order valence-corrected chi connectivity index (χ1v) is 6.21. The molecule has 0 bridgehead atoms. The molecule has 0 aliphatic heterocycles. The van der Waals surface area contributed by atoms with Crippen LogP contribution in [0.25, 0.3) is 0 Å². The van der Waals surface area contributed by atoms with E-state index in [9.17, 15) is 4.79 Å². The van der Waals surface area contributed by atoms with Crippen LogP contribution in [0.4, 0.5) is 5.95 Å². The summed E-state index contributed by atoms with van der Waals surface area (Å²) in [5.41, 5.74) is 0.352. The van der Waals surface area contributed by atoms with Crippen molar-refractivity contribution < 1.29 is 9.21 Å². The van der Waals surface area contributed by atoms with Crippen molar-refractivity contribution in [2.75, 3.05) is 5.32 Å². The Balaban J connectivity index is 1.61. The quantitative estimate of drug-likeness (QED) is 0.851. The molecule has 2 heterocycles. The largest absolute Gasteiger partial charge is 0.467 e. The molecular weight excluding hydrogens is 244 g/mol. The molecule has 0 spiro atoms. The van der Waals surface area contributed by atoms with Gasteiger partial charge in [-0.25, -0.2) is 9.97 Å². The Morgan fingerprint density at radius 3 is 3.05 bits per heavy atom. The summed E-state index contributed by atoms with van der Waals surface area (Å²) in [7, 11) is 0. The molecule has 0 saturated heterocycles. The highest BCUT2D eigenvalue weighted by atomic mass is 16.3. The van der Waals surface area contributed by atoms with E-state index < -0.39 is 0 Å². The molecule has 6 heteroatoms. The Morgan fingerprint density at radius 1 is 1.42 bits per heavy atom. The van der Waals surface area contributed by atoms with Gasteiger partial charge in [0.15, 0.2) is 0 Å². The van der Waals surface area contributed by atoms with E-state index in [1.54, 1.807) is 30.7 Å². The highest BCUT2D eigenvalue weighted by molar-refractivity contribution is 5.92. The number of nitrogens with zero attached hydrogens (tertiary/aromatic N) is 2. The van der Waals surface area contributed by atoms with Gasteiger partial charge in [-0.1, -0.05) is 0 Å². The summed E-state index contributed by atoms with van der Waals surface area (Å²) in [6.07, 6.45) is 5.43.